The molecule has 1 heterocycles. The summed E-state index contributed by atoms with van der Waals surface area (Å²) in [4.78, 5) is 41.3. The van der Waals surface area contributed by atoms with E-state index in [0.717, 1.165) is 12.8 Å². The molecule has 1 amide bonds. The van der Waals surface area contributed by atoms with Crippen LogP contribution < -0.4 is 5.32 Å². The van der Waals surface area contributed by atoms with Crippen molar-refractivity contribution in [2.75, 3.05) is 13.7 Å². The van der Waals surface area contributed by atoms with Gasteiger partial charge in [0, 0.05) is 19.0 Å². The highest BCUT2D eigenvalue weighted by Crippen LogP contribution is 2.27. The lowest BCUT2D eigenvalue weighted by Crippen LogP contribution is -2.28. The fraction of sp³-hybridized carbons (Fsp3) is 0.478. The third kappa shape index (κ3) is 7.24. The first-order valence-corrected chi connectivity index (χ1v) is 10.2. The maximum absolute atomic E-state index is 12.8. The molecule has 0 aromatic carbocycles. The normalized spacial score (nSPS) is 14.6. The molecular weight excluding hydrogens is 400 g/mol. The third-order valence-electron chi connectivity index (χ3n) is 4.66. The molecular formula is C23H30N2O6. The average molecular weight is 431 g/mol. The zero-order valence-electron chi connectivity index (χ0n) is 18.7. The van der Waals surface area contributed by atoms with Crippen molar-refractivity contribution in [1.82, 2.24) is 10.3 Å². The Morgan fingerprint density at radius 3 is 2.48 bits per heavy atom. The second-order valence-electron chi connectivity index (χ2n) is 7.81. The second kappa shape index (κ2) is 10.7. The maximum Gasteiger partial charge on any atom is 0.360 e. The van der Waals surface area contributed by atoms with Gasteiger partial charge in [0.2, 0.25) is 6.29 Å². The van der Waals surface area contributed by atoms with Gasteiger partial charge in [0.25, 0.3) is 5.91 Å². The highest BCUT2D eigenvalue weighted by molar-refractivity contribution is 5.97. The lowest BCUT2D eigenvalue weighted by molar-refractivity contribution is -0.169. The predicted molar refractivity (Wildman–Crippen MR) is 115 cm³/mol. The molecule has 8 nitrogen and oxygen atoms in total. The number of nitrogens with one attached hydrogen (secondary N) is 1. The van der Waals surface area contributed by atoms with Gasteiger partial charge in [-0.1, -0.05) is 20.4 Å². The molecule has 1 aliphatic rings. The number of pyridine rings is 1. The number of rotatable bonds is 10. The molecule has 8 heteroatoms. The van der Waals surface area contributed by atoms with Crippen LogP contribution in [0.3, 0.4) is 0 Å². The number of hydrogen-bond acceptors (Lipinski definition) is 7. The molecule has 168 valence electrons. The van der Waals surface area contributed by atoms with Crippen molar-refractivity contribution in [1.29, 1.82) is 0 Å². The molecule has 1 aromatic rings. The van der Waals surface area contributed by atoms with E-state index < -0.39 is 18.2 Å². The molecule has 2 rings (SSSR count). The standard InChI is InChI=1S/C23H30N2O6/c1-13(2)22(27)30-16(5)31-23(28)20-18(14(3)11-15(4)29-6)9-10-19(25-20)21(26)24-12-17-7-8-17/h9-11,13,16-17H,4,7-8,12H2,1-3,5-6H3,(H,24,26)/b14-11+. The maximum atomic E-state index is 12.8. The van der Waals surface area contributed by atoms with Crippen LogP contribution in [0.2, 0.25) is 0 Å². The number of allylic oxidation sites excluding steroid dienone is 2. The highest BCUT2D eigenvalue weighted by atomic mass is 16.7. The Morgan fingerprint density at radius 1 is 1.23 bits per heavy atom. The van der Waals surface area contributed by atoms with Gasteiger partial charge in [0.1, 0.15) is 11.5 Å². The van der Waals surface area contributed by atoms with E-state index in [1.165, 1.54) is 14.0 Å². The molecule has 1 aromatic heterocycles. The number of ether oxygens (including phenoxy) is 3. The summed E-state index contributed by atoms with van der Waals surface area (Å²) in [7, 11) is 1.48. The molecule has 1 aliphatic carbocycles. The van der Waals surface area contributed by atoms with Crippen molar-refractivity contribution < 1.29 is 28.6 Å². The molecule has 0 radical (unpaired) electrons. The van der Waals surface area contributed by atoms with Gasteiger partial charge >= 0.3 is 11.9 Å². The smallest absolute Gasteiger partial charge is 0.360 e. The number of carbonyl (C=O) groups is 3. The number of esters is 2. The van der Waals surface area contributed by atoms with Crippen molar-refractivity contribution in [2.45, 2.75) is 46.8 Å². The SMILES string of the molecule is C=C(/C=C(\C)c1ccc(C(=O)NCC2CC2)nc1C(=O)OC(C)OC(=O)C(C)C)OC. The van der Waals surface area contributed by atoms with Gasteiger partial charge in [-0.15, -0.1) is 0 Å². The van der Waals surface area contributed by atoms with E-state index in [-0.39, 0.29) is 23.2 Å². The first-order chi connectivity index (χ1) is 14.6. The van der Waals surface area contributed by atoms with E-state index in [0.29, 0.717) is 29.4 Å². The second-order valence-corrected chi connectivity index (χ2v) is 7.81. The summed E-state index contributed by atoms with van der Waals surface area (Å²) < 4.78 is 15.4. The van der Waals surface area contributed by atoms with Gasteiger partial charge < -0.3 is 19.5 Å². The summed E-state index contributed by atoms with van der Waals surface area (Å²) in [5.41, 5.74) is 1.12. The average Bonchev–Trinajstić information content (AvgIpc) is 3.55. The van der Waals surface area contributed by atoms with Crippen LogP contribution in [0.25, 0.3) is 5.57 Å². The Bertz CT molecular complexity index is 886. The van der Waals surface area contributed by atoms with Crippen LogP contribution in [0.15, 0.2) is 30.5 Å². The Labute approximate surface area is 182 Å². The van der Waals surface area contributed by atoms with Crippen molar-refractivity contribution in [2.24, 2.45) is 11.8 Å². The van der Waals surface area contributed by atoms with Crippen LogP contribution >= 0.6 is 0 Å². The summed E-state index contributed by atoms with van der Waals surface area (Å²) in [6.07, 6.45) is 2.74. The number of hydrogen-bond donors (Lipinski definition) is 1. The predicted octanol–water partition coefficient (Wildman–Crippen LogP) is 3.49. The van der Waals surface area contributed by atoms with Crippen molar-refractivity contribution in [3.05, 3.63) is 47.5 Å². The van der Waals surface area contributed by atoms with E-state index in [1.54, 1.807) is 39.0 Å². The van der Waals surface area contributed by atoms with Crippen LogP contribution in [0.5, 0.6) is 0 Å². The number of aromatic nitrogens is 1. The quantitative estimate of drug-likeness (QED) is 0.262. The summed E-state index contributed by atoms with van der Waals surface area (Å²) in [6.45, 7) is 10.9. The number of amides is 1. The summed E-state index contributed by atoms with van der Waals surface area (Å²) >= 11 is 0. The van der Waals surface area contributed by atoms with Gasteiger partial charge in [0.15, 0.2) is 5.69 Å². The van der Waals surface area contributed by atoms with E-state index >= 15 is 0 Å². The van der Waals surface area contributed by atoms with Crippen LogP contribution in [-0.4, -0.2) is 42.8 Å². The topological polar surface area (TPSA) is 104 Å². The van der Waals surface area contributed by atoms with Crippen molar-refractivity contribution in [3.8, 4) is 0 Å². The Morgan fingerprint density at radius 2 is 1.90 bits per heavy atom. The van der Waals surface area contributed by atoms with E-state index in [4.69, 9.17) is 14.2 Å². The zero-order chi connectivity index (χ0) is 23.1. The van der Waals surface area contributed by atoms with Crippen LogP contribution in [-0.2, 0) is 19.0 Å². The summed E-state index contributed by atoms with van der Waals surface area (Å²) in [5, 5.41) is 2.82. The van der Waals surface area contributed by atoms with Crippen molar-refractivity contribution >= 4 is 23.4 Å². The Balaban J connectivity index is 2.29. The minimum Gasteiger partial charge on any atom is -0.497 e. The molecule has 0 bridgehead atoms. The number of methoxy groups -OCH3 is 1. The van der Waals surface area contributed by atoms with Gasteiger partial charge in [-0.3, -0.25) is 9.59 Å². The number of nitrogens with zero attached hydrogens (tertiary/aromatic N) is 1. The molecule has 1 N–H and O–H groups in total. The molecule has 1 saturated carbocycles. The first kappa shape index (κ1) is 24.1. The fourth-order valence-electron chi connectivity index (χ4n) is 2.62. The first-order valence-electron chi connectivity index (χ1n) is 10.2. The van der Waals surface area contributed by atoms with Crippen LogP contribution in [0, 0.1) is 11.8 Å². The lowest BCUT2D eigenvalue weighted by atomic mass is 10.0. The molecule has 1 atom stereocenters. The number of carbonyl (C=O) groups excluding carboxylic acids is 3. The van der Waals surface area contributed by atoms with Crippen molar-refractivity contribution in [3.63, 3.8) is 0 Å². The van der Waals surface area contributed by atoms with E-state index in [2.05, 4.69) is 16.9 Å². The van der Waals surface area contributed by atoms with E-state index in [1.807, 2.05) is 0 Å². The summed E-state index contributed by atoms with van der Waals surface area (Å²) in [6, 6.07) is 3.17. The van der Waals surface area contributed by atoms with E-state index in [9.17, 15) is 14.4 Å². The van der Waals surface area contributed by atoms with Gasteiger partial charge in [0.05, 0.1) is 13.0 Å². The molecule has 31 heavy (non-hydrogen) atoms. The Kier molecular flexibility index (Phi) is 8.36. The molecule has 0 saturated heterocycles. The fourth-order valence-corrected chi connectivity index (χ4v) is 2.62. The van der Waals surface area contributed by atoms with Gasteiger partial charge in [-0.05, 0) is 49.5 Å². The highest BCUT2D eigenvalue weighted by Gasteiger charge is 2.25. The lowest BCUT2D eigenvalue weighted by Gasteiger charge is -2.17. The minimum absolute atomic E-state index is 0.0656. The third-order valence-corrected chi connectivity index (χ3v) is 4.66. The Hall–Kier alpha value is -3.16. The van der Waals surface area contributed by atoms with Crippen LogP contribution in [0.1, 0.15) is 67.1 Å². The van der Waals surface area contributed by atoms with Gasteiger partial charge in [-0.25, -0.2) is 9.78 Å². The minimum atomic E-state index is -1.11. The molecule has 1 fully saturated rings. The van der Waals surface area contributed by atoms with Crippen LogP contribution in [0.4, 0.5) is 0 Å². The largest absolute Gasteiger partial charge is 0.497 e. The van der Waals surface area contributed by atoms with Gasteiger partial charge in [-0.2, -0.15) is 0 Å². The zero-order valence-corrected chi connectivity index (χ0v) is 18.7. The molecule has 1 unspecified atom stereocenters. The monoisotopic (exact) mass is 430 g/mol. The summed E-state index contributed by atoms with van der Waals surface area (Å²) in [5.74, 6) is -1.13. The molecule has 0 spiro atoms. The molecule has 0 aliphatic heterocycles.